The van der Waals surface area contributed by atoms with E-state index in [2.05, 4.69) is 11.9 Å². The zero-order valence-corrected chi connectivity index (χ0v) is 8.66. The van der Waals surface area contributed by atoms with Gasteiger partial charge in [0.2, 0.25) is 5.91 Å². The fraction of sp³-hybridized carbons (Fsp3) is 0.667. The Labute approximate surface area is 79.2 Å². The Balaban J connectivity index is 4.33. The minimum atomic E-state index is -0.824. The second-order valence-electron chi connectivity index (χ2n) is 3.23. The number of hydrogen-bond acceptors (Lipinski definition) is 3. The quantitative estimate of drug-likeness (QED) is 0.639. The Morgan fingerprint density at radius 3 is 2.31 bits per heavy atom. The molecule has 0 aromatic heterocycles. The number of nitrogens with one attached hydrogen (secondary N) is 1. The van der Waals surface area contributed by atoms with Crippen LogP contribution in [0.1, 0.15) is 6.92 Å². The number of rotatable bonds is 4. The van der Waals surface area contributed by atoms with Crippen molar-refractivity contribution in [1.29, 1.82) is 0 Å². The predicted octanol–water partition coefficient (Wildman–Crippen LogP) is -0.195. The number of likely N-dealkylation sites (N-methyl/N-ethyl adjacent to an activating group) is 1. The molecule has 0 aliphatic carbocycles. The maximum Gasteiger partial charge on any atom is 0.225 e. The monoisotopic (exact) mass is 186 g/mol. The lowest BCUT2D eigenvalue weighted by molar-refractivity contribution is -0.126. The molecular weight excluding hydrogens is 168 g/mol. The van der Waals surface area contributed by atoms with Gasteiger partial charge < -0.3 is 15.3 Å². The molecule has 76 valence electrons. The molecule has 0 bridgehead atoms. The summed E-state index contributed by atoms with van der Waals surface area (Å²) in [6, 6.07) is 0. The van der Waals surface area contributed by atoms with Crippen LogP contribution < -0.4 is 5.32 Å². The zero-order chi connectivity index (χ0) is 10.6. The van der Waals surface area contributed by atoms with Crippen LogP contribution in [0, 0.1) is 5.92 Å². The fourth-order valence-corrected chi connectivity index (χ4v) is 0.924. The molecule has 0 aliphatic heterocycles. The first-order valence-corrected chi connectivity index (χ1v) is 4.17. The zero-order valence-electron chi connectivity index (χ0n) is 8.66. The molecule has 4 heteroatoms. The molecular formula is C9H18N2O2. The van der Waals surface area contributed by atoms with E-state index in [4.69, 9.17) is 0 Å². The predicted molar refractivity (Wildman–Crippen MR) is 52.1 cm³/mol. The van der Waals surface area contributed by atoms with Gasteiger partial charge in [-0.1, -0.05) is 13.5 Å². The molecule has 0 rings (SSSR count). The van der Waals surface area contributed by atoms with Crippen LogP contribution in [0.4, 0.5) is 0 Å². The van der Waals surface area contributed by atoms with Crippen molar-refractivity contribution in [2.24, 2.45) is 5.92 Å². The molecule has 13 heavy (non-hydrogen) atoms. The number of nitrogens with zero attached hydrogens (tertiary/aromatic N) is 1. The highest BCUT2D eigenvalue weighted by Gasteiger charge is 2.24. The lowest BCUT2D eigenvalue weighted by atomic mass is 10.0. The number of carbonyl (C=O) groups is 1. The molecule has 1 amide bonds. The van der Waals surface area contributed by atoms with Gasteiger partial charge in [0.1, 0.15) is 6.10 Å². The summed E-state index contributed by atoms with van der Waals surface area (Å²) in [7, 11) is 5.11. The average Bonchev–Trinajstić information content (AvgIpc) is 2.12. The molecule has 0 fully saturated rings. The molecule has 0 aromatic carbocycles. The van der Waals surface area contributed by atoms with Crippen molar-refractivity contribution >= 4 is 5.91 Å². The summed E-state index contributed by atoms with van der Waals surface area (Å²) >= 11 is 0. The van der Waals surface area contributed by atoms with Gasteiger partial charge in [-0.15, -0.1) is 0 Å². The summed E-state index contributed by atoms with van der Waals surface area (Å²) in [4.78, 5) is 12.8. The van der Waals surface area contributed by atoms with Crippen LogP contribution >= 0.6 is 0 Å². The Morgan fingerprint density at radius 2 is 2.00 bits per heavy atom. The van der Waals surface area contributed by atoms with E-state index < -0.39 is 12.0 Å². The Kier molecular flexibility index (Phi) is 4.48. The van der Waals surface area contributed by atoms with Gasteiger partial charge in [-0.2, -0.15) is 0 Å². The Hall–Kier alpha value is -1.03. The summed E-state index contributed by atoms with van der Waals surface area (Å²) in [5, 5.41) is 12.1. The van der Waals surface area contributed by atoms with Crippen molar-refractivity contribution in [3.8, 4) is 0 Å². The highest BCUT2D eigenvalue weighted by molar-refractivity contribution is 5.78. The van der Waals surface area contributed by atoms with Crippen LogP contribution in [0.3, 0.4) is 0 Å². The SMILES string of the molecule is C=C(C(O)C(C)C(=O)NC)N(C)C. The Morgan fingerprint density at radius 1 is 1.54 bits per heavy atom. The number of amides is 1. The third-order valence-electron chi connectivity index (χ3n) is 2.05. The first-order chi connectivity index (χ1) is 5.91. The van der Waals surface area contributed by atoms with Crippen molar-refractivity contribution in [3.63, 3.8) is 0 Å². The van der Waals surface area contributed by atoms with Gasteiger partial charge in [-0.25, -0.2) is 0 Å². The number of carbonyl (C=O) groups excluding carboxylic acids is 1. The molecule has 2 atom stereocenters. The maximum absolute atomic E-state index is 11.1. The first kappa shape index (κ1) is 12.0. The highest BCUT2D eigenvalue weighted by atomic mass is 16.3. The maximum atomic E-state index is 11.1. The minimum absolute atomic E-state index is 0.185. The van der Waals surface area contributed by atoms with E-state index in [0.717, 1.165) is 0 Å². The lowest BCUT2D eigenvalue weighted by Gasteiger charge is -2.24. The summed E-state index contributed by atoms with van der Waals surface area (Å²) in [5.74, 6) is -0.657. The van der Waals surface area contributed by atoms with Crippen LogP contribution in [-0.2, 0) is 4.79 Å². The van der Waals surface area contributed by atoms with Crippen LogP contribution in [0.15, 0.2) is 12.3 Å². The average molecular weight is 186 g/mol. The largest absolute Gasteiger partial charge is 0.386 e. The number of aliphatic hydroxyl groups excluding tert-OH is 1. The van der Waals surface area contributed by atoms with Crippen molar-refractivity contribution in [1.82, 2.24) is 10.2 Å². The van der Waals surface area contributed by atoms with E-state index in [1.165, 1.54) is 0 Å². The van der Waals surface area contributed by atoms with Crippen molar-refractivity contribution < 1.29 is 9.90 Å². The highest BCUT2D eigenvalue weighted by Crippen LogP contribution is 2.12. The number of aliphatic hydroxyl groups is 1. The van der Waals surface area contributed by atoms with Gasteiger partial charge in [0, 0.05) is 26.8 Å². The molecule has 0 aliphatic rings. The van der Waals surface area contributed by atoms with E-state index in [9.17, 15) is 9.90 Å². The fourth-order valence-electron chi connectivity index (χ4n) is 0.924. The van der Waals surface area contributed by atoms with E-state index >= 15 is 0 Å². The molecule has 0 saturated carbocycles. The van der Waals surface area contributed by atoms with Gasteiger partial charge in [0.25, 0.3) is 0 Å². The van der Waals surface area contributed by atoms with E-state index in [1.807, 2.05) is 0 Å². The molecule has 0 saturated heterocycles. The van der Waals surface area contributed by atoms with Crippen molar-refractivity contribution in [2.75, 3.05) is 21.1 Å². The minimum Gasteiger partial charge on any atom is -0.386 e. The molecule has 0 radical (unpaired) electrons. The van der Waals surface area contributed by atoms with E-state index in [0.29, 0.717) is 5.70 Å². The van der Waals surface area contributed by atoms with Crippen molar-refractivity contribution in [3.05, 3.63) is 12.3 Å². The summed E-state index contributed by atoms with van der Waals surface area (Å²) in [6.45, 7) is 5.35. The topological polar surface area (TPSA) is 52.6 Å². The van der Waals surface area contributed by atoms with Gasteiger partial charge in [0.15, 0.2) is 0 Å². The molecule has 0 aromatic rings. The van der Waals surface area contributed by atoms with Gasteiger partial charge in [-0.3, -0.25) is 4.79 Å². The first-order valence-electron chi connectivity index (χ1n) is 4.17. The molecule has 0 heterocycles. The third kappa shape index (κ3) is 3.06. The van der Waals surface area contributed by atoms with Crippen LogP contribution in [0.25, 0.3) is 0 Å². The molecule has 4 nitrogen and oxygen atoms in total. The number of hydrogen-bond donors (Lipinski definition) is 2. The Bertz CT molecular complexity index is 202. The molecule has 2 unspecified atom stereocenters. The van der Waals surface area contributed by atoms with Gasteiger partial charge in [0.05, 0.1) is 5.92 Å². The van der Waals surface area contributed by atoms with Crippen molar-refractivity contribution in [2.45, 2.75) is 13.0 Å². The summed E-state index contributed by atoms with van der Waals surface area (Å²) in [6.07, 6.45) is -0.824. The standard InChI is InChI=1S/C9H18N2O2/c1-6(9(13)10-3)8(12)7(2)11(4)5/h6,8,12H,2H2,1,3-5H3,(H,10,13). The lowest BCUT2D eigenvalue weighted by Crippen LogP contribution is -2.37. The molecule has 0 spiro atoms. The van der Waals surface area contributed by atoms with Crippen LogP contribution in [-0.4, -0.2) is 43.2 Å². The summed E-state index contributed by atoms with van der Waals surface area (Å²) < 4.78 is 0. The second kappa shape index (κ2) is 4.87. The smallest absolute Gasteiger partial charge is 0.225 e. The normalized spacial score (nSPS) is 14.5. The third-order valence-corrected chi connectivity index (χ3v) is 2.05. The van der Waals surface area contributed by atoms with E-state index in [1.54, 1.807) is 33.0 Å². The second-order valence-corrected chi connectivity index (χ2v) is 3.23. The van der Waals surface area contributed by atoms with Gasteiger partial charge >= 0.3 is 0 Å². The van der Waals surface area contributed by atoms with Crippen LogP contribution in [0.5, 0.6) is 0 Å². The molecule has 2 N–H and O–H groups in total. The van der Waals surface area contributed by atoms with Gasteiger partial charge in [-0.05, 0) is 0 Å². The van der Waals surface area contributed by atoms with E-state index in [-0.39, 0.29) is 5.91 Å². The van der Waals surface area contributed by atoms with Crippen LogP contribution in [0.2, 0.25) is 0 Å². The summed E-state index contributed by atoms with van der Waals surface area (Å²) in [5.41, 5.74) is 0.538.